The Morgan fingerprint density at radius 2 is 1.61 bits per heavy atom. The summed E-state index contributed by atoms with van der Waals surface area (Å²) in [6, 6.07) is 18.8. The summed E-state index contributed by atoms with van der Waals surface area (Å²) in [7, 11) is -3.61. The first-order valence-corrected chi connectivity index (χ1v) is 14.2. The smallest absolute Gasteiger partial charge is 0.303 e. The molecule has 2 aromatic carbocycles. The van der Waals surface area contributed by atoms with E-state index in [-0.39, 0.29) is 23.2 Å². The second kappa shape index (κ2) is 12.7. The molecule has 2 aromatic rings. The number of piperidine rings is 1. The number of benzene rings is 2. The number of sulfonamides is 1. The van der Waals surface area contributed by atoms with Gasteiger partial charge in [0.1, 0.15) is 0 Å². The predicted molar refractivity (Wildman–Crippen MR) is 140 cm³/mol. The van der Waals surface area contributed by atoms with Crippen LogP contribution in [0.3, 0.4) is 0 Å². The Balaban J connectivity index is 1.46. The van der Waals surface area contributed by atoms with Gasteiger partial charge in [0.25, 0.3) is 0 Å². The molecule has 1 N–H and O–H groups in total. The van der Waals surface area contributed by atoms with Gasteiger partial charge in [0.15, 0.2) is 0 Å². The van der Waals surface area contributed by atoms with Crippen molar-refractivity contribution in [1.82, 2.24) is 9.21 Å². The van der Waals surface area contributed by atoms with Crippen molar-refractivity contribution in [1.29, 1.82) is 0 Å². The Hall–Kier alpha value is -2.46. The van der Waals surface area contributed by atoms with Crippen molar-refractivity contribution in [2.45, 2.75) is 24.2 Å². The first kappa shape index (κ1) is 26.6. The first-order valence-electron chi connectivity index (χ1n) is 12.8. The topological polar surface area (TPSA) is 90.4 Å². The number of para-hydroxylation sites is 1. The van der Waals surface area contributed by atoms with Crippen LogP contribution in [-0.4, -0.2) is 87.7 Å². The van der Waals surface area contributed by atoms with Crippen LogP contribution in [0.2, 0.25) is 0 Å². The normalized spacial score (nSPS) is 21.8. The fourth-order valence-corrected chi connectivity index (χ4v) is 6.78. The molecule has 2 fully saturated rings. The van der Waals surface area contributed by atoms with E-state index in [0.29, 0.717) is 19.5 Å². The lowest BCUT2D eigenvalue weighted by molar-refractivity contribution is -0.138. The molecule has 8 nitrogen and oxygen atoms in total. The lowest BCUT2D eigenvalue weighted by Gasteiger charge is -2.39. The minimum absolute atomic E-state index is 0.0251. The minimum Gasteiger partial charge on any atom is -0.481 e. The number of hydrogen-bond acceptors (Lipinski definition) is 6. The highest BCUT2D eigenvalue weighted by atomic mass is 32.2. The Bertz CT molecular complexity index is 1060. The van der Waals surface area contributed by atoms with Crippen LogP contribution < -0.4 is 4.90 Å². The number of carboxylic acid groups (broad SMARTS) is 1. The Kier molecular flexibility index (Phi) is 9.36. The summed E-state index contributed by atoms with van der Waals surface area (Å²) in [6.07, 6.45) is 1.36. The molecule has 4 rings (SSSR count). The third-order valence-corrected chi connectivity index (χ3v) is 9.23. The van der Waals surface area contributed by atoms with Crippen molar-refractivity contribution in [3.05, 3.63) is 60.7 Å². The number of nitrogens with zero attached hydrogens (tertiary/aromatic N) is 3. The van der Waals surface area contributed by atoms with Crippen LogP contribution in [0.15, 0.2) is 65.6 Å². The molecule has 2 saturated heterocycles. The monoisotopic (exact) mass is 515 g/mol. The van der Waals surface area contributed by atoms with Crippen molar-refractivity contribution in [3.8, 4) is 0 Å². The van der Waals surface area contributed by atoms with E-state index in [9.17, 15) is 18.3 Å². The Morgan fingerprint density at radius 3 is 2.28 bits per heavy atom. The summed E-state index contributed by atoms with van der Waals surface area (Å²) in [5.74, 6) is -0.888. The maximum absolute atomic E-state index is 13.3. The molecule has 0 aromatic heterocycles. The van der Waals surface area contributed by atoms with E-state index in [1.54, 1.807) is 34.6 Å². The molecule has 196 valence electrons. The molecule has 2 heterocycles. The number of ether oxygens (including phenoxy) is 1. The molecule has 0 bridgehead atoms. The van der Waals surface area contributed by atoms with E-state index in [1.165, 1.54) is 0 Å². The quantitative estimate of drug-likeness (QED) is 0.492. The zero-order valence-corrected chi connectivity index (χ0v) is 21.6. The van der Waals surface area contributed by atoms with Gasteiger partial charge in [-0.2, -0.15) is 4.31 Å². The maximum atomic E-state index is 13.3. The van der Waals surface area contributed by atoms with Gasteiger partial charge in [0.2, 0.25) is 10.0 Å². The summed E-state index contributed by atoms with van der Waals surface area (Å²) in [5, 5.41) is 9.51. The fraction of sp³-hybridized carbons (Fsp3) is 0.519. The highest BCUT2D eigenvalue weighted by Gasteiger charge is 2.36. The molecule has 2 atom stereocenters. The Labute approximate surface area is 214 Å². The SMILES string of the molecule is O=C(O)C[C@@H]1CCN(S(=O)(=O)c2ccccc2)C[C@@H]1CCN(CCN1CCOCC1)c1ccccc1. The van der Waals surface area contributed by atoms with Crippen molar-refractivity contribution >= 4 is 21.7 Å². The highest BCUT2D eigenvalue weighted by Crippen LogP contribution is 2.33. The molecule has 0 radical (unpaired) electrons. The van der Waals surface area contributed by atoms with Gasteiger partial charge in [-0.15, -0.1) is 0 Å². The van der Waals surface area contributed by atoms with E-state index >= 15 is 0 Å². The second-order valence-corrected chi connectivity index (χ2v) is 11.6. The van der Waals surface area contributed by atoms with Crippen LogP contribution in [0.4, 0.5) is 5.69 Å². The Morgan fingerprint density at radius 1 is 0.944 bits per heavy atom. The van der Waals surface area contributed by atoms with E-state index in [0.717, 1.165) is 58.0 Å². The molecule has 2 aliphatic heterocycles. The van der Waals surface area contributed by atoms with Gasteiger partial charge in [0, 0.05) is 57.9 Å². The average molecular weight is 516 g/mol. The van der Waals surface area contributed by atoms with Crippen molar-refractivity contribution in [3.63, 3.8) is 0 Å². The number of anilines is 1. The summed E-state index contributed by atoms with van der Waals surface area (Å²) in [4.78, 5) is 16.6. The number of hydrogen-bond donors (Lipinski definition) is 1. The first-order chi connectivity index (χ1) is 17.4. The average Bonchev–Trinajstić information content (AvgIpc) is 2.90. The van der Waals surface area contributed by atoms with E-state index in [2.05, 4.69) is 21.9 Å². The van der Waals surface area contributed by atoms with Gasteiger partial charge < -0.3 is 14.7 Å². The number of carbonyl (C=O) groups is 1. The molecule has 0 aliphatic carbocycles. The summed E-state index contributed by atoms with van der Waals surface area (Å²) >= 11 is 0. The zero-order chi connectivity index (χ0) is 25.4. The van der Waals surface area contributed by atoms with Gasteiger partial charge >= 0.3 is 5.97 Å². The molecular formula is C27H37N3O5S. The van der Waals surface area contributed by atoms with E-state index in [1.807, 2.05) is 18.2 Å². The van der Waals surface area contributed by atoms with Crippen molar-refractivity contribution < 1.29 is 23.1 Å². The van der Waals surface area contributed by atoms with Crippen molar-refractivity contribution in [2.75, 3.05) is 63.9 Å². The number of carboxylic acids is 1. The van der Waals surface area contributed by atoms with Gasteiger partial charge in [-0.05, 0) is 48.9 Å². The second-order valence-electron chi connectivity index (χ2n) is 9.65. The fourth-order valence-electron chi connectivity index (χ4n) is 5.24. The minimum atomic E-state index is -3.61. The van der Waals surface area contributed by atoms with Crippen LogP contribution in [0, 0.1) is 11.8 Å². The van der Waals surface area contributed by atoms with Gasteiger partial charge in [0.05, 0.1) is 18.1 Å². The summed E-state index contributed by atoms with van der Waals surface area (Å²) in [6.45, 7) is 6.60. The summed E-state index contributed by atoms with van der Waals surface area (Å²) < 4.78 is 33.6. The predicted octanol–water partition coefficient (Wildman–Crippen LogP) is 3.02. The standard InChI is InChI=1S/C27H37N3O5S/c31-27(32)21-23-12-14-30(36(33,34)26-9-5-2-6-10-26)22-24(23)11-13-29(25-7-3-1-4-8-25)16-15-28-17-19-35-20-18-28/h1-10,23-24H,11-22H2,(H,31,32)/t23-,24-/m0/s1. The number of rotatable bonds is 11. The molecular weight excluding hydrogens is 478 g/mol. The zero-order valence-electron chi connectivity index (χ0n) is 20.7. The van der Waals surface area contributed by atoms with Crippen molar-refractivity contribution in [2.24, 2.45) is 11.8 Å². The van der Waals surface area contributed by atoms with Crippen LogP contribution in [0.5, 0.6) is 0 Å². The molecule has 0 amide bonds. The number of morpholine rings is 1. The van der Waals surface area contributed by atoms with Crippen LogP contribution in [0.1, 0.15) is 19.3 Å². The van der Waals surface area contributed by atoms with Gasteiger partial charge in [-0.1, -0.05) is 36.4 Å². The molecule has 0 unspecified atom stereocenters. The van der Waals surface area contributed by atoms with Crippen LogP contribution in [-0.2, 0) is 19.6 Å². The highest BCUT2D eigenvalue weighted by molar-refractivity contribution is 7.89. The molecule has 0 saturated carbocycles. The summed E-state index contributed by atoms with van der Waals surface area (Å²) in [5.41, 5.74) is 1.13. The van der Waals surface area contributed by atoms with E-state index in [4.69, 9.17) is 4.74 Å². The maximum Gasteiger partial charge on any atom is 0.303 e. The number of aliphatic carboxylic acids is 1. The third-order valence-electron chi connectivity index (χ3n) is 7.35. The molecule has 36 heavy (non-hydrogen) atoms. The molecule has 2 aliphatic rings. The van der Waals surface area contributed by atoms with Crippen LogP contribution >= 0.6 is 0 Å². The molecule has 9 heteroatoms. The van der Waals surface area contributed by atoms with Gasteiger partial charge in [-0.3, -0.25) is 9.69 Å². The van der Waals surface area contributed by atoms with Crippen LogP contribution in [0.25, 0.3) is 0 Å². The third kappa shape index (κ3) is 7.06. The lowest BCUT2D eigenvalue weighted by atomic mass is 9.82. The van der Waals surface area contributed by atoms with Gasteiger partial charge in [-0.25, -0.2) is 8.42 Å². The molecule has 0 spiro atoms. The van der Waals surface area contributed by atoms with E-state index < -0.39 is 16.0 Å². The largest absolute Gasteiger partial charge is 0.481 e. The lowest BCUT2D eigenvalue weighted by Crippen LogP contribution is -2.46.